The number of hydrogen-bond donors (Lipinski definition) is 1. The lowest BCUT2D eigenvalue weighted by Crippen LogP contribution is -2.31. The second-order valence-electron chi connectivity index (χ2n) is 6.34. The van der Waals surface area contributed by atoms with Gasteiger partial charge in [-0.05, 0) is 36.4 Å². The molecule has 0 aromatic heterocycles. The van der Waals surface area contributed by atoms with E-state index in [9.17, 15) is 14.0 Å². The molecule has 1 N–H and O–H groups in total. The minimum Gasteiger partial charge on any atom is -0.355 e. The van der Waals surface area contributed by atoms with Crippen LogP contribution in [0.3, 0.4) is 0 Å². The number of anilines is 1. The van der Waals surface area contributed by atoms with Crippen LogP contribution in [0, 0.1) is 5.82 Å². The first-order valence-corrected chi connectivity index (χ1v) is 9.58. The molecule has 2 amide bonds. The maximum atomic E-state index is 14.3. The number of carbonyl (C=O) groups is 2. The Labute approximate surface area is 166 Å². The number of benzene rings is 3. The highest BCUT2D eigenvalue weighted by Gasteiger charge is 2.28. The molecular weight excluding hydrogens is 375 g/mol. The van der Waals surface area contributed by atoms with Gasteiger partial charge in [0.05, 0.1) is 17.8 Å². The predicted octanol–water partition coefficient (Wildman–Crippen LogP) is 4.50. The van der Waals surface area contributed by atoms with Crippen LogP contribution in [0.2, 0.25) is 0 Å². The van der Waals surface area contributed by atoms with E-state index in [1.807, 2.05) is 24.3 Å². The van der Waals surface area contributed by atoms with Gasteiger partial charge in [-0.15, -0.1) is 0 Å². The van der Waals surface area contributed by atoms with Gasteiger partial charge >= 0.3 is 0 Å². The van der Waals surface area contributed by atoms with E-state index < -0.39 is 0 Å². The second-order valence-corrected chi connectivity index (χ2v) is 7.43. The molecule has 0 atom stereocenters. The molecule has 0 saturated carbocycles. The van der Waals surface area contributed by atoms with Crippen molar-refractivity contribution in [3.63, 3.8) is 0 Å². The first-order chi connectivity index (χ1) is 13.6. The van der Waals surface area contributed by atoms with Crippen LogP contribution in [-0.4, -0.2) is 18.9 Å². The highest BCUT2D eigenvalue weighted by Crippen LogP contribution is 2.42. The quantitative estimate of drug-likeness (QED) is 0.714. The standard InChI is InChI=1S/C22H17FN2O2S/c1-24-21(26)14-10-11-20-18(12-14)25(13-15-6-2-4-8-17(15)23)22(27)16-7-3-5-9-19(16)28-20/h2-12H,13H2,1H3,(H,24,26). The van der Waals surface area contributed by atoms with Crippen molar-refractivity contribution in [3.8, 4) is 0 Å². The van der Waals surface area contributed by atoms with E-state index in [1.165, 1.54) is 17.8 Å². The van der Waals surface area contributed by atoms with Crippen LogP contribution in [0.1, 0.15) is 26.3 Å². The molecule has 0 fully saturated rings. The lowest BCUT2D eigenvalue weighted by atomic mass is 10.1. The fourth-order valence-corrected chi connectivity index (χ4v) is 4.22. The van der Waals surface area contributed by atoms with E-state index in [2.05, 4.69) is 5.32 Å². The molecule has 0 unspecified atom stereocenters. The average Bonchev–Trinajstić information content (AvgIpc) is 2.83. The van der Waals surface area contributed by atoms with Crippen LogP contribution in [0.5, 0.6) is 0 Å². The highest BCUT2D eigenvalue weighted by atomic mass is 32.2. The number of carbonyl (C=O) groups excluding carboxylic acids is 2. The minimum absolute atomic E-state index is 0.0740. The molecule has 6 heteroatoms. The first kappa shape index (κ1) is 18.3. The van der Waals surface area contributed by atoms with Crippen molar-refractivity contribution >= 4 is 29.3 Å². The summed E-state index contributed by atoms with van der Waals surface area (Å²) in [6.45, 7) is 0.0740. The zero-order valence-electron chi connectivity index (χ0n) is 15.1. The second kappa shape index (κ2) is 7.48. The van der Waals surface area contributed by atoms with E-state index in [1.54, 1.807) is 48.3 Å². The van der Waals surface area contributed by atoms with Crippen molar-refractivity contribution in [1.29, 1.82) is 0 Å². The molecule has 3 aromatic rings. The van der Waals surface area contributed by atoms with Gasteiger partial charge in [-0.3, -0.25) is 9.59 Å². The number of nitrogens with zero attached hydrogens (tertiary/aromatic N) is 1. The monoisotopic (exact) mass is 392 g/mol. The summed E-state index contributed by atoms with van der Waals surface area (Å²) >= 11 is 1.47. The first-order valence-electron chi connectivity index (χ1n) is 8.77. The van der Waals surface area contributed by atoms with Gasteiger partial charge in [-0.25, -0.2) is 4.39 Å². The molecule has 0 saturated heterocycles. The maximum absolute atomic E-state index is 14.3. The smallest absolute Gasteiger partial charge is 0.259 e. The fourth-order valence-electron chi connectivity index (χ4n) is 3.16. The minimum atomic E-state index is -0.371. The number of fused-ring (bicyclic) bond motifs is 2. The van der Waals surface area contributed by atoms with Gasteiger partial charge in [0.15, 0.2) is 0 Å². The summed E-state index contributed by atoms with van der Waals surface area (Å²) in [5, 5.41) is 2.60. The third-order valence-corrected chi connectivity index (χ3v) is 5.75. The van der Waals surface area contributed by atoms with Crippen molar-refractivity contribution in [2.45, 2.75) is 16.3 Å². The number of halogens is 1. The summed E-state index contributed by atoms with van der Waals surface area (Å²) in [5.74, 6) is -0.837. The van der Waals surface area contributed by atoms with Crippen molar-refractivity contribution in [2.75, 3.05) is 11.9 Å². The lowest BCUT2D eigenvalue weighted by Gasteiger charge is -2.24. The molecule has 4 nitrogen and oxygen atoms in total. The lowest BCUT2D eigenvalue weighted by molar-refractivity contribution is 0.0958. The van der Waals surface area contributed by atoms with Gasteiger partial charge < -0.3 is 10.2 Å². The van der Waals surface area contributed by atoms with Gasteiger partial charge in [0.2, 0.25) is 0 Å². The molecule has 4 rings (SSSR count). The van der Waals surface area contributed by atoms with Gasteiger partial charge in [0.1, 0.15) is 5.82 Å². The Morgan fingerprint density at radius 2 is 1.79 bits per heavy atom. The van der Waals surface area contributed by atoms with Gasteiger partial charge in [-0.1, -0.05) is 42.1 Å². The molecule has 1 heterocycles. The van der Waals surface area contributed by atoms with E-state index in [0.717, 1.165) is 9.79 Å². The summed E-state index contributed by atoms with van der Waals surface area (Å²) < 4.78 is 14.3. The number of hydrogen-bond acceptors (Lipinski definition) is 3. The van der Waals surface area contributed by atoms with Crippen molar-refractivity contribution in [3.05, 3.63) is 89.2 Å². The van der Waals surface area contributed by atoms with Crippen molar-refractivity contribution < 1.29 is 14.0 Å². The summed E-state index contributed by atoms with van der Waals surface area (Å²) in [7, 11) is 1.56. The summed E-state index contributed by atoms with van der Waals surface area (Å²) in [6, 6.07) is 19.0. The Kier molecular flexibility index (Phi) is 4.88. The molecule has 0 radical (unpaired) electrons. The van der Waals surface area contributed by atoms with Crippen LogP contribution in [-0.2, 0) is 6.54 Å². The Morgan fingerprint density at radius 1 is 1.04 bits per heavy atom. The Morgan fingerprint density at radius 3 is 2.57 bits per heavy atom. The molecule has 1 aliphatic rings. The normalized spacial score (nSPS) is 12.8. The van der Waals surface area contributed by atoms with Crippen LogP contribution < -0.4 is 10.2 Å². The van der Waals surface area contributed by atoms with E-state index in [4.69, 9.17) is 0 Å². The number of amides is 2. The van der Waals surface area contributed by atoms with Crippen LogP contribution >= 0.6 is 11.8 Å². The third kappa shape index (κ3) is 3.27. The third-order valence-electron chi connectivity index (χ3n) is 4.61. The van der Waals surface area contributed by atoms with Crippen molar-refractivity contribution in [2.24, 2.45) is 0 Å². The molecule has 0 spiro atoms. The Hall–Kier alpha value is -3.12. The molecule has 3 aromatic carbocycles. The van der Waals surface area contributed by atoms with Gasteiger partial charge in [-0.2, -0.15) is 0 Å². The molecule has 0 aliphatic carbocycles. The van der Waals surface area contributed by atoms with Crippen LogP contribution in [0.15, 0.2) is 76.5 Å². The van der Waals surface area contributed by atoms with Crippen LogP contribution in [0.25, 0.3) is 0 Å². The van der Waals surface area contributed by atoms with Crippen molar-refractivity contribution in [1.82, 2.24) is 5.32 Å². The Balaban J connectivity index is 1.88. The summed E-state index contributed by atoms with van der Waals surface area (Å²) in [5.41, 5.74) is 2.01. The number of nitrogens with one attached hydrogen (secondary N) is 1. The molecule has 0 bridgehead atoms. The molecule has 1 aliphatic heterocycles. The summed E-state index contributed by atoms with van der Waals surface area (Å²) in [6.07, 6.45) is 0. The zero-order valence-corrected chi connectivity index (χ0v) is 15.9. The zero-order chi connectivity index (χ0) is 19.7. The summed E-state index contributed by atoms with van der Waals surface area (Å²) in [4.78, 5) is 28.7. The fraction of sp³-hybridized carbons (Fsp3) is 0.0909. The average molecular weight is 392 g/mol. The Bertz CT molecular complexity index is 1080. The van der Waals surface area contributed by atoms with E-state index in [-0.39, 0.29) is 24.2 Å². The molecule has 28 heavy (non-hydrogen) atoms. The van der Waals surface area contributed by atoms with Crippen LogP contribution in [0.4, 0.5) is 10.1 Å². The predicted molar refractivity (Wildman–Crippen MR) is 107 cm³/mol. The number of rotatable bonds is 3. The molecular formula is C22H17FN2O2S. The largest absolute Gasteiger partial charge is 0.355 e. The van der Waals surface area contributed by atoms with E-state index in [0.29, 0.717) is 22.4 Å². The topological polar surface area (TPSA) is 49.4 Å². The SMILES string of the molecule is CNC(=O)c1ccc2c(c1)N(Cc1ccccc1F)C(=O)c1ccccc1S2. The highest BCUT2D eigenvalue weighted by molar-refractivity contribution is 7.99. The van der Waals surface area contributed by atoms with E-state index >= 15 is 0 Å². The maximum Gasteiger partial charge on any atom is 0.259 e. The van der Waals surface area contributed by atoms with Gasteiger partial charge in [0, 0.05) is 28.0 Å². The van der Waals surface area contributed by atoms with Gasteiger partial charge in [0.25, 0.3) is 11.8 Å². The molecule has 140 valence electrons.